The summed E-state index contributed by atoms with van der Waals surface area (Å²) in [7, 11) is 2.14. The van der Waals surface area contributed by atoms with E-state index in [1.807, 2.05) is 69.3 Å². The highest BCUT2D eigenvalue weighted by molar-refractivity contribution is 5.88. The summed E-state index contributed by atoms with van der Waals surface area (Å²) < 4.78 is 12.1. The predicted octanol–water partition coefficient (Wildman–Crippen LogP) is 6.72. The van der Waals surface area contributed by atoms with E-state index >= 15 is 0 Å². The second-order valence-electron chi connectivity index (χ2n) is 11.5. The summed E-state index contributed by atoms with van der Waals surface area (Å²) in [6.45, 7) is 7.85. The summed E-state index contributed by atoms with van der Waals surface area (Å²) >= 11 is 0. The van der Waals surface area contributed by atoms with Gasteiger partial charge >= 0.3 is 12.1 Å². The van der Waals surface area contributed by atoms with Crippen LogP contribution in [-0.2, 0) is 4.74 Å². The quantitative estimate of drug-likeness (QED) is 0.305. The van der Waals surface area contributed by atoms with Crippen molar-refractivity contribution in [3.63, 3.8) is 0 Å². The average Bonchev–Trinajstić information content (AvgIpc) is 3.33. The van der Waals surface area contributed by atoms with Gasteiger partial charge in [0.05, 0.1) is 5.56 Å². The van der Waals surface area contributed by atoms with E-state index in [0.29, 0.717) is 19.1 Å². The van der Waals surface area contributed by atoms with Crippen LogP contribution in [0.4, 0.5) is 4.79 Å². The minimum Gasteiger partial charge on any atom is -0.489 e. The van der Waals surface area contributed by atoms with Crippen molar-refractivity contribution in [2.75, 3.05) is 33.3 Å². The summed E-state index contributed by atoms with van der Waals surface area (Å²) in [5.41, 5.74) is 1.32. The van der Waals surface area contributed by atoms with E-state index in [2.05, 4.69) is 11.9 Å². The molecule has 1 aliphatic heterocycles. The maximum Gasteiger partial charge on any atom is 0.410 e. The number of likely N-dealkylation sites (tertiary alicyclic amines) is 1. The molecule has 1 amide bonds. The van der Waals surface area contributed by atoms with Gasteiger partial charge in [-0.2, -0.15) is 0 Å². The Labute approximate surface area is 237 Å². The van der Waals surface area contributed by atoms with Crippen LogP contribution in [0.1, 0.15) is 56.0 Å². The highest BCUT2D eigenvalue weighted by atomic mass is 16.6. The number of carbonyl (C=O) groups is 2. The first-order valence-corrected chi connectivity index (χ1v) is 13.9. The third-order valence-electron chi connectivity index (χ3n) is 7.14. The zero-order valence-corrected chi connectivity index (χ0v) is 23.9. The predicted molar refractivity (Wildman–Crippen MR) is 159 cm³/mol. The van der Waals surface area contributed by atoms with Crippen LogP contribution in [-0.4, -0.2) is 71.9 Å². The van der Waals surface area contributed by atoms with Gasteiger partial charge in [0, 0.05) is 24.5 Å². The topological polar surface area (TPSA) is 79.3 Å². The van der Waals surface area contributed by atoms with E-state index in [0.717, 1.165) is 47.0 Å². The van der Waals surface area contributed by atoms with Gasteiger partial charge in [-0.25, -0.2) is 9.59 Å². The lowest BCUT2D eigenvalue weighted by molar-refractivity contribution is 0.0252. The highest BCUT2D eigenvalue weighted by Gasteiger charge is 2.26. The lowest BCUT2D eigenvalue weighted by atomic mass is 10.1. The van der Waals surface area contributed by atoms with E-state index in [4.69, 9.17) is 9.47 Å². The maximum absolute atomic E-state index is 13.4. The number of rotatable bonds is 10. The second kappa shape index (κ2) is 13.0. The number of fused-ring (bicyclic) bond motifs is 1. The number of hydrogen-bond donors (Lipinski definition) is 1. The molecule has 1 saturated heterocycles. The van der Waals surface area contributed by atoms with Crippen LogP contribution in [0, 0.1) is 0 Å². The fraction of sp³-hybridized carbons (Fsp3) is 0.394. The summed E-state index contributed by atoms with van der Waals surface area (Å²) in [6, 6.07) is 21.2. The van der Waals surface area contributed by atoms with Crippen molar-refractivity contribution in [1.29, 1.82) is 0 Å². The van der Waals surface area contributed by atoms with E-state index < -0.39 is 11.6 Å². The fourth-order valence-corrected chi connectivity index (χ4v) is 5.04. The third kappa shape index (κ3) is 8.09. The summed E-state index contributed by atoms with van der Waals surface area (Å²) in [4.78, 5) is 28.8. The molecule has 1 aliphatic rings. The molecule has 4 rings (SSSR count). The molecule has 0 spiro atoms. The first-order valence-electron chi connectivity index (χ1n) is 13.9. The van der Waals surface area contributed by atoms with Gasteiger partial charge in [-0.3, -0.25) is 0 Å². The van der Waals surface area contributed by atoms with E-state index in [-0.39, 0.29) is 18.3 Å². The fourth-order valence-electron chi connectivity index (χ4n) is 5.04. The first-order chi connectivity index (χ1) is 19.1. The molecule has 0 bridgehead atoms. The van der Waals surface area contributed by atoms with Crippen LogP contribution >= 0.6 is 0 Å². The number of carboxylic acid groups (broad SMARTS) is 1. The van der Waals surface area contributed by atoms with Crippen LogP contribution in [0.5, 0.6) is 5.75 Å². The Morgan fingerprint density at radius 1 is 1.05 bits per heavy atom. The van der Waals surface area contributed by atoms with Gasteiger partial charge in [0.15, 0.2) is 0 Å². The molecule has 40 heavy (non-hydrogen) atoms. The standard InChI is InChI=1S/C33H40N2O5/c1-33(2,3)40-32(38)35(20-18-28-11-8-19-34(28)4)22-25(21-24-14-16-27(17-15-24)31(36)37)23-39-30-13-7-10-26-9-5-6-12-29(26)30/h5-7,9-10,12-17,21,28H,8,11,18-20,22-23H2,1-4H3,(H,36,37)/b25-21+. The van der Waals surface area contributed by atoms with Crippen LogP contribution in [0.3, 0.4) is 0 Å². The van der Waals surface area contributed by atoms with Crippen molar-refractivity contribution in [2.24, 2.45) is 0 Å². The molecule has 1 N–H and O–H groups in total. The van der Waals surface area contributed by atoms with Crippen molar-refractivity contribution in [3.8, 4) is 5.75 Å². The van der Waals surface area contributed by atoms with Gasteiger partial charge in [0.2, 0.25) is 0 Å². The average molecular weight is 545 g/mol. The minimum absolute atomic E-state index is 0.224. The zero-order valence-electron chi connectivity index (χ0n) is 23.9. The Bertz CT molecular complexity index is 1340. The summed E-state index contributed by atoms with van der Waals surface area (Å²) in [6.07, 6.45) is 4.77. The maximum atomic E-state index is 13.4. The van der Waals surface area contributed by atoms with Crippen LogP contribution in [0.2, 0.25) is 0 Å². The molecule has 0 radical (unpaired) electrons. The molecule has 1 atom stereocenters. The number of amides is 1. The van der Waals surface area contributed by atoms with Crippen LogP contribution < -0.4 is 4.74 Å². The molecule has 3 aromatic rings. The Balaban J connectivity index is 1.60. The molecule has 212 valence electrons. The minimum atomic E-state index is -0.969. The third-order valence-corrected chi connectivity index (χ3v) is 7.14. The molecular formula is C33H40N2O5. The van der Waals surface area contributed by atoms with Crippen molar-refractivity contribution in [1.82, 2.24) is 9.80 Å². The van der Waals surface area contributed by atoms with Gasteiger partial charge in [-0.05, 0) is 88.3 Å². The largest absolute Gasteiger partial charge is 0.489 e. The number of benzene rings is 3. The van der Waals surface area contributed by atoms with E-state index in [9.17, 15) is 14.7 Å². The highest BCUT2D eigenvalue weighted by Crippen LogP contribution is 2.26. The number of nitrogens with zero attached hydrogens (tertiary/aromatic N) is 2. The monoisotopic (exact) mass is 544 g/mol. The number of carbonyl (C=O) groups excluding carboxylic acids is 1. The van der Waals surface area contributed by atoms with Crippen LogP contribution in [0.15, 0.2) is 72.3 Å². The van der Waals surface area contributed by atoms with Gasteiger partial charge in [0.25, 0.3) is 0 Å². The second-order valence-corrected chi connectivity index (χ2v) is 11.5. The number of carboxylic acids is 1. The SMILES string of the molecule is CN1CCCC1CCN(C/C(=C\c1ccc(C(=O)O)cc1)COc1cccc2ccccc12)C(=O)OC(C)(C)C. The molecule has 7 heteroatoms. The Morgan fingerprint density at radius 2 is 1.77 bits per heavy atom. The molecule has 7 nitrogen and oxygen atoms in total. The zero-order chi connectivity index (χ0) is 28.7. The van der Waals surface area contributed by atoms with Crippen molar-refractivity contribution in [3.05, 3.63) is 83.4 Å². The Kier molecular flexibility index (Phi) is 9.48. The molecule has 1 heterocycles. The van der Waals surface area contributed by atoms with Crippen molar-refractivity contribution >= 4 is 28.9 Å². The molecule has 0 aromatic heterocycles. The Morgan fingerprint density at radius 3 is 2.45 bits per heavy atom. The van der Waals surface area contributed by atoms with E-state index in [1.54, 1.807) is 29.2 Å². The van der Waals surface area contributed by atoms with Gasteiger partial charge in [-0.1, -0.05) is 54.6 Å². The molecule has 3 aromatic carbocycles. The van der Waals surface area contributed by atoms with Gasteiger partial charge in [-0.15, -0.1) is 0 Å². The smallest absolute Gasteiger partial charge is 0.410 e. The number of aromatic carboxylic acids is 1. The Hall–Kier alpha value is -3.84. The normalized spacial score (nSPS) is 16.2. The molecule has 0 saturated carbocycles. The molecule has 1 fully saturated rings. The summed E-state index contributed by atoms with van der Waals surface area (Å²) in [5.74, 6) is -0.204. The summed E-state index contributed by atoms with van der Waals surface area (Å²) in [5, 5.41) is 11.4. The van der Waals surface area contributed by atoms with Crippen molar-refractivity contribution < 1.29 is 24.2 Å². The number of ether oxygens (including phenoxy) is 2. The van der Waals surface area contributed by atoms with Crippen molar-refractivity contribution in [2.45, 2.75) is 51.7 Å². The molecule has 0 aliphatic carbocycles. The molecular weight excluding hydrogens is 504 g/mol. The van der Waals surface area contributed by atoms with Gasteiger partial charge < -0.3 is 24.4 Å². The van der Waals surface area contributed by atoms with Crippen LogP contribution in [0.25, 0.3) is 16.8 Å². The first kappa shape index (κ1) is 29.2. The molecule has 1 unspecified atom stereocenters. The lowest BCUT2D eigenvalue weighted by Crippen LogP contribution is -2.41. The number of hydrogen-bond acceptors (Lipinski definition) is 5. The van der Waals surface area contributed by atoms with E-state index in [1.165, 1.54) is 6.42 Å². The van der Waals surface area contributed by atoms with Gasteiger partial charge in [0.1, 0.15) is 18.0 Å². The lowest BCUT2D eigenvalue weighted by Gasteiger charge is -2.30.